The molecule has 1 aromatic carbocycles. The number of aryl methyl sites for hydroxylation is 3. The van der Waals surface area contributed by atoms with E-state index < -0.39 is 0 Å². The van der Waals surface area contributed by atoms with Gasteiger partial charge >= 0.3 is 6.03 Å². The summed E-state index contributed by atoms with van der Waals surface area (Å²) in [5.41, 5.74) is 4.27. The number of rotatable bonds is 2. The third-order valence-electron chi connectivity index (χ3n) is 4.41. The van der Waals surface area contributed by atoms with E-state index in [2.05, 4.69) is 39.2 Å². The molecule has 2 heterocycles. The number of hydrogen-bond acceptors (Lipinski definition) is 4. The second-order valence-electron chi connectivity index (χ2n) is 6.36. The first-order valence-corrected chi connectivity index (χ1v) is 8.69. The number of benzene rings is 1. The van der Waals surface area contributed by atoms with Crippen molar-refractivity contribution < 1.29 is 4.79 Å². The van der Waals surface area contributed by atoms with Gasteiger partial charge in [0.1, 0.15) is 5.82 Å². The summed E-state index contributed by atoms with van der Waals surface area (Å²) < 4.78 is 0. The predicted molar refractivity (Wildman–Crippen MR) is 100 cm³/mol. The number of amides is 2. The zero-order valence-corrected chi connectivity index (χ0v) is 15.5. The number of hydrogen-bond donors (Lipinski definition) is 1. The monoisotopic (exact) mass is 359 g/mol. The lowest BCUT2D eigenvalue weighted by molar-refractivity contribution is 0.208. The minimum atomic E-state index is -0.0598. The number of halogens is 1. The van der Waals surface area contributed by atoms with Crippen LogP contribution < -0.4 is 10.2 Å². The van der Waals surface area contributed by atoms with Crippen LogP contribution in [-0.2, 0) is 0 Å². The Labute approximate surface area is 152 Å². The molecule has 25 heavy (non-hydrogen) atoms. The van der Waals surface area contributed by atoms with Crippen LogP contribution in [0.5, 0.6) is 0 Å². The van der Waals surface area contributed by atoms with E-state index in [0.29, 0.717) is 26.2 Å². The van der Waals surface area contributed by atoms with Crippen molar-refractivity contribution in [2.75, 3.05) is 36.4 Å². The first-order chi connectivity index (χ1) is 11.9. The maximum absolute atomic E-state index is 12.6. The molecule has 6 nitrogen and oxygen atoms in total. The van der Waals surface area contributed by atoms with Gasteiger partial charge in [-0.1, -0.05) is 17.7 Å². The molecule has 0 unspecified atom stereocenters. The molecule has 1 aliphatic rings. The van der Waals surface area contributed by atoms with Gasteiger partial charge in [-0.15, -0.1) is 0 Å². The lowest BCUT2D eigenvalue weighted by Crippen LogP contribution is -2.50. The van der Waals surface area contributed by atoms with Gasteiger partial charge in [-0.3, -0.25) is 0 Å². The van der Waals surface area contributed by atoms with Crippen LogP contribution in [-0.4, -0.2) is 47.1 Å². The molecule has 3 rings (SSSR count). The van der Waals surface area contributed by atoms with E-state index in [1.165, 1.54) is 5.56 Å². The molecular formula is C18H22ClN5O. The van der Waals surface area contributed by atoms with E-state index in [9.17, 15) is 4.79 Å². The largest absolute Gasteiger partial charge is 0.353 e. The lowest BCUT2D eigenvalue weighted by atomic mass is 10.1. The molecule has 0 bridgehead atoms. The maximum atomic E-state index is 12.6. The normalized spacial score (nSPS) is 14.6. The number of nitrogens with zero attached hydrogens (tertiary/aromatic N) is 4. The summed E-state index contributed by atoms with van der Waals surface area (Å²) in [7, 11) is 0. The SMILES string of the molecule is Cc1cc(C)c(NC(=O)N2CCN(c3ccnc(Cl)n3)CC2)c(C)c1. The predicted octanol–water partition coefficient (Wildman–Crippen LogP) is 3.41. The van der Waals surface area contributed by atoms with Gasteiger partial charge in [0.2, 0.25) is 5.28 Å². The Morgan fingerprint density at radius 2 is 1.76 bits per heavy atom. The zero-order valence-electron chi connectivity index (χ0n) is 14.7. The van der Waals surface area contributed by atoms with E-state index in [1.807, 2.05) is 24.8 Å². The fraction of sp³-hybridized carbons (Fsp3) is 0.389. The van der Waals surface area contributed by atoms with Crippen molar-refractivity contribution in [2.24, 2.45) is 0 Å². The quantitative estimate of drug-likeness (QED) is 0.835. The summed E-state index contributed by atoms with van der Waals surface area (Å²) in [4.78, 5) is 24.7. The van der Waals surface area contributed by atoms with Crippen molar-refractivity contribution in [3.63, 3.8) is 0 Å². The molecule has 0 radical (unpaired) electrons. The molecule has 0 aliphatic carbocycles. The number of nitrogens with one attached hydrogen (secondary N) is 1. The molecular weight excluding hydrogens is 338 g/mol. The Kier molecular flexibility index (Phi) is 5.08. The standard InChI is InChI=1S/C18H22ClN5O/c1-12-10-13(2)16(14(3)11-12)22-18(25)24-8-6-23(7-9-24)15-4-5-20-17(19)21-15/h4-5,10-11H,6-9H2,1-3H3,(H,22,25). The summed E-state index contributed by atoms with van der Waals surface area (Å²) in [6.07, 6.45) is 1.65. The minimum Gasteiger partial charge on any atom is -0.353 e. The van der Waals surface area contributed by atoms with Crippen LogP contribution in [0.4, 0.5) is 16.3 Å². The van der Waals surface area contributed by atoms with Crippen molar-refractivity contribution in [3.8, 4) is 0 Å². The van der Waals surface area contributed by atoms with Crippen molar-refractivity contribution >= 4 is 29.1 Å². The van der Waals surface area contributed by atoms with Gasteiger partial charge in [-0.05, 0) is 49.6 Å². The molecule has 132 valence electrons. The average Bonchev–Trinajstić information content (AvgIpc) is 2.58. The Morgan fingerprint density at radius 3 is 2.36 bits per heavy atom. The summed E-state index contributed by atoms with van der Waals surface area (Å²) in [6.45, 7) is 8.80. The molecule has 1 saturated heterocycles. The van der Waals surface area contributed by atoms with Crippen LogP contribution in [0.15, 0.2) is 24.4 Å². The number of piperazine rings is 1. The molecule has 0 spiro atoms. The van der Waals surface area contributed by atoms with Crippen LogP contribution in [0.1, 0.15) is 16.7 Å². The molecule has 0 atom stereocenters. The number of aromatic nitrogens is 2. The summed E-state index contributed by atoms with van der Waals surface area (Å²) >= 11 is 5.85. The van der Waals surface area contributed by atoms with Crippen molar-refractivity contribution in [1.82, 2.24) is 14.9 Å². The first kappa shape index (κ1) is 17.5. The van der Waals surface area contributed by atoms with Gasteiger partial charge in [0.15, 0.2) is 0 Å². The molecule has 2 amide bonds. The summed E-state index contributed by atoms with van der Waals surface area (Å²) in [6, 6.07) is 5.94. The number of carbonyl (C=O) groups excluding carboxylic acids is 1. The Hall–Kier alpha value is -2.34. The van der Waals surface area contributed by atoms with Crippen molar-refractivity contribution in [2.45, 2.75) is 20.8 Å². The number of urea groups is 1. The van der Waals surface area contributed by atoms with Crippen LogP contribution in [0.2, 0.25) is 5.28 Å². The molecule has 2 aromatic rings. The lowest BCUT2D eigenvalue weighted by Gasteiger charge is -2.35. The molecule has 1 aromatic heterocycles. The minimum absolute atomic E-state index is 0.0598. The smallest absolute Gasteiger partial charge is 0.321 e. The molecule has 7 heteroatoms. The number of anilines is 2. The van der Waals surface area contributed by atoms with Crippen LogP contribution in [0, 0.1) is 20.8 Å². The van der Waals surface area contributed by atoms with Crippen LogP contribution >= 0.6 is 11.6 Å². The number of carbonyl (C=O) groups is 1. The maximum Gasteiger partial charge on any atom is 0.321 e. The van der Waals surface area contributed by atoms with E-state index in [0.717, 1.165) is 22.6 Å². The zero-order chi connectivity index (χ0) is 18.0. The van der Waals surface area contributed by atoms with E-state index in [1.54, 1.807) is 6.20 Å². The highest BCUT2D eigenvalue weighted by Crippen LogP contribution is 2.23. The van der Waals surface area contributed by atoms with Crippen LogP contribution in [0.3, 0.4) is 0 Å². The van der Waals surface area contributed by atoms with Gasteiger partial charge in [0.05, 0.1) is 0 Å². The fourth-order valence-corrected chi connectivity index (χ4v) is 3.35. The first-order valence-electron chi connectivity index (χ1n) is 8.31. The molecule has 0 saturated carbocycles. The van der Waals surface area contributed by atoms with E-state index in [4.69, 9.17) is 11.6 Å². The fourth-order valence-electron chi connectivity index (χ4n) is 3.20. The van der Waals surface area contributed by atoms with Gasteiger partial charge in [0, 0.05) is 38.1 Å². The molecule has 1 aliphatic heterocycles. The van der Waals surface area contributed by atoms with Gasteiger partial charge < -0.3 is 15.1 Å². The van der Waals surface area contributed by atoms with E-state index >= 15 is 0 Å². The second kappa shape index (κ2) is 7.27. The third kappa shape index (κ3) is 4.02. The van der Waals surface area contributed by atoms with Gasteiger partial charge in [-0.2, -0.15) is 0 Å². The molecule has 1 fully saturated rings. The van der Waals surface area contributed by atoms with Crippen molar-refractivity contribution in [3.05, 3.63) is 46.4 Å². The third-order valence-corrected chi connectivity index (χ3v) is 4.59. The van der Waals surface area contributed by atoms with Crippen LogP contribution in [0.25, 0.3) is 0 Å². The Balaban J connectivity index is 1.62. The summed E-state index contributed by atoms with van der Waals surface area (Å²) in [5.74, 6) is 0.797. The second-order valence-corrected chi connectivity index (χ2v) is 6.70. The average molecular weight is 360 g/mol. The summed E-state index contributed by atoms with van der Waals surface area (Å²) in [5, 5.41) is 3.30. The van der Waals surface area contributed by atoms with Gasteiger partial charge in [0.25, 0.3) is 0 Å². The topological polar surface area (TPSA) is 61.4 Å². The van der Waals surface area contributed by atoms with Crippen molar-refractivity contribution in [1.29, 1.82) is 0 Å². The molecule has 1 N–H and O–H groups in total. The van der Waals surface area contributed by atoms with E-state index in [-0.39, 0.29) is 11.3 Å². The highest BCUT2D eigenvalue weighted by molar-refractivity contribution is 6.28. The highest BCUT2D eigenvalue weighted by atomic mass is 35.5. The Bertz CT molecular complexity index is 764. The highest BCUT2D eigenvalue weighted by Gasteiger charge is 2.22. The van der Waals surface area contributed by atoms with Gasteiger partial charge in [-0.25, -0.2) is 14.8 Å². The Morgan fingerprint density at radius 1 is 1.12 bits per heavy atom.